The van der Waals surface area contributed by atoms with Gasteiger partial charge >= 0.3 is 0 Å². The molecule has 0 N–H and O–H groups in total. The minimum Gasteiger partial charge on any atom is -0.481 e. The number of allylic oxidation sites excluding steroid dienone is 6. The van der Waals surface area contributed by atoms with E-state index in [9.17, 15) is 0 Å². The normalized spacial score (nSPS) is 24.2. The third-order valence-corrected chi connectivity index (χ3v) is 17.6. The molecule has 2 unspecified atom stereocenters. The fourth-order valence-electron chi connectivity index (χ4n) is 10.9. The molecule has 2 spiro atoms. The average molecular weight is 863 g/mol. The fourth-order valence-corrected chi connectivity index (χ4v) is 14.5. The molecule has 2 aliphatic heterocycles. The summed E-state index contributed by atoms with van der Waals surface area (Å²) in [7, 11) is 0. The first kappa shape index (κ1) is 36.1. The van der Waals surface area contributed by atoms with Crippen LogP contribution in [0.4, 0.5) is 0 Å². The quantitative estimate of drug-likeness (QED) is 0.147. The van der Waals surface area contributed by atoms with E-state index in [0.717, 1.165) is 99.8 Å². The summed E-state index contributed by atoms with van der Waals surface area (Å²) in [5, 5.41) is 0. The molecule has 8 aliphatic rings. The van der Waals surface area contributed by atoms with E-state index in [1.807, 2.05) is 46.9 Å². The summed E-state index contributed by atoms with van der Waals surface area (Å²) < 4.78 is 14.5. The van der Waals surface area contributed by atoms with Gasteiger partial charge in [-0.15, -0.1) is 22.7 Å². The molecule has 12 rings (SSSR count). The van der Waals surface area contributed by atoms with Gasteiger partial charge in [0.15, 0.2) is 0 Å². The molecule has 6 aliphatic carbocycles. The first-order valence-corrected chi connectivity index (χ1v) is 23.9. The number of hydrogen-bond acceptors (Lipinski definition) is 8. The number of thiophene rings is 2. The number of ether oxygens (including phenoxy) is 2. The highest BCUT2D eigenvalue weighted by Gasteiger charge is 2.50. The maximum absolute atomic E-state index is 7.26. The van der Waals surface area contributed by atoms with Crippen molar-refractivity contribution in [2.24, 2.45) is 11.8 Å². The van der Waals surface area contributed by atoms with Crippen LogP contribution in [0.25, 0.3) is 23.3 Å². The van der Waals surface area contributed by atoms with Crippen LogP contribution >= 0.6 is 71.5 Å². The molecule has 2 aromatic carbocycles. The minimum absolute atomic E-state index is 0.231. The lowest BCUT2D eigenvalue weighted by molar-refractivity contribution is 0.0636. The Morgan fingerprint density at radius 1 is 0.500 bits per heavy atom. The first-order valence-electron chi connectivity index (χ1n) is 20.6. The molecule has 2 atom stereocenters. The topological polar surface area (TPSA) is 18.5 Å². The average Bonchev–Trinajstić information content (AvgIpc) is 3.97. The SMILES string of the molecule is S=C1C(=Cc2cc3c(s2)C2=CC4C=C5C(=CC4C=C2C2(CCCCC2)O3)c2sc(C=C3C(=S)c4ccccc4C3=S)cc2OC52CCCCC2)C(=S)c2ccccc21. The van der Waals surface area contributed by atoms with Crippen LogP contribution in [-0.2, 0) is 0 Å². The molecule has 2 saturated carbocycles. The highest BCUT2D eigenvalue weighted by molar-refractivity contribution is 7.84. The van der Waals surface area contributed by atoms with Gasteiger partial charge in [0.1, 0.15) is 22.7 Å². The van der Waals surface area contributed by atoms with Gasteiger partial charge < -0.3 is 9.47 Å². The molecular formula is C50H38O2S6. The van der Waals surface area contributed by atoms with Crippen molar-refractivity contribution < 1.29 is 9.47 Å². The van der Waals surface area contributed by atoms with Crippen LogP contribution in [0.1, 0.15) is 106 Å². The molecule has 2 aromatic heterocycles. The van der Waals surface area contributed by atoms with Gasteiger partial charge in [-0.1, -0.05) is 135 Å². The minimum atomic E-state index is -0.312. The predicted molar refractivity (Wildman–Crippen MR) is 256 cm³/mol. The highest BCUT2D eigenvalue weighted by Crippen LogP contribution is 2.60. The summed E-state index contributed by atoms with van der Waals surface area (Å²) in [5.41, 5.74) is 11.1. The van der Waals surface area contributed by atoms with Gasteiger partial charge in [0.25, 0.3) is 0 Å². The zero-order chi connectivity index (χ0) is 38.9. The van der Waals surface area contributed by atoms with Crippen molar-refractivity contribution in [1.29, 1.82) is 0 Å². The van der Waals surface area contributed by atoms with E-state index in [0.29, 0.717) is 0 Å². The smallest absolute Gasteiger partial charge is 0.139 e. The summed E-state index contributed by atoms with van der Waals surface area (Å²) in [6, 6.07) is 21.0. The van der Waals surface area contributed by atoms with Crippen molar-refractivity contribution in [3.8, 4) is 11.5 Å². The van der Waals surface area contributed by atoms with Crippen molar-refractivity contribution in [2.45, 2.75) is 75.4 Å². The van der Waals surface area contributed by atoms with Crippen LogP contribution in [0.5, 0.6) is 11.5 Å². The van der Waals surface area contributed by atoms with Gasteiger partial charge in [0.2, 0.25) is 0 Å². The van der Waals surface area contributed by atoms with Crippen molar-refractivity contribution in [3.63, 3.8) is 0 Å². The lowest BCUT2D eigenvalue weighted by Crippen LogP contribution is -2.45. The Morgan fingerprint density at radius 2 is 0.862 bits per heavy atom. The standard InChI is InChI=1S/C50H38O2S6/c53-43-31-11-3-4-12-32(31)44(54)37(43)23-29-25-41-47(57-29)35-19-28-22-40-36(20-27(28)21-39(35)49(51-41)15-7-1-8-16-49)48-42(52-50(40)17-9-2-10-18-50)26-30(58-48)24-38-45(55)33-13-5-6-14-34(33)46(38)56/h3-6,11-14,19-28H,1-2,7-10,15-18H2. The Balaban J connectivity index is 0.957. The van der Waals surface area contributed by atoms with E-state index in [2.05, 4.69) is 72.9 Å². The zero-order valence-electron chi connectivity index (χ0n) is 31.7. The Labute approximate surface area is 368 Å². The van der Waals surface area contributed by atoms with Crippen molar-refractivity contribution in [2.75, 3.05) is 0 Å². The second-order valence-electron chi connectivity index (χ2n) is 17.0. The van der Waals surface area contributed by atoms with Gasteiger partial charge in [-0.25, -0.2) is 0 Å². The molecule has 58 heavy (non-hydrogen) atoms. The summed E-state index contributed by atoms with van der Waals surface area (Å²) >= 11 is 27.5. The maximum atomic E-state index is 7.26. The van der Waals surface area contributed by atoms with Crippen LogP contribution in [0.15, 0.2) is 107 Å². The number of benzene rings is 2. The van der Waals surface area contributed by atoms with Crippen LogP contribution in [-0.4, -0.2) is 30.7 Å². The monoisotopic (exact) mass is 862 g/mol. The van der Waals surface area contributed by atoms with Crippen LogP contribution in [0, 0.1) is 11.8 Å². The first-order chi connectivity index (χ1) is 28.3. The Kier molecular flexibility index (Phi) is 8.33. The number of thiocarbonyl (C=S) groups is 4. The molecule has 0 radical (unpaired) electrons. The number of rotatable bonds is 2. The van der Waals surface area contributed by atoms with Crippen LogP contribution in [0.3, 0.4) is 0 Å². The molecule has 0 amide bonds. The fraction of sp³-hybridized carbons (Fsp3) is 0.280. The van der Waals surface area contributed by atoms with E-state index >= 15 is 0 Å². The maximum Gasteiger partial charge on any atom is 0.139 e. The van der Waals surface area contributed by atoms with E-state index in [4.69, 9.17) is 58.3 Å². The number of fused-ring (bicyclic) bond motifs is 11. The van der Waals surface area contributed by atoms with E-state index in [1.54, 1.807) is 0 Å². The van der Waals surface area contributed by atoms with E-state index in [-0.39, 0.29) is 23.0 Å². The number of hydrogen-bond donors (Lipinski definition) is 0. The largest absolute Gasteiger partial charge is 0.481 e. The second kappa shape index (κ2) is 13.4. The summed E-state index contributed by atoms with van der Waals surface area (Å²) in [4.78, 5) is 8.09. The molecule has 8 heteroatoms. The van der Waals surface area contributed by atoms with Crippen molar-refractivity contribution >= 4 is 114 Å². The molecule has 2 nitrogen and oxygen atoms in total. The molecule has 286 valence electrons. The van der Waals surface area contributed by atoms with Gasteiger partial charge in [0.05, 0.1) is 29.2 Å². The Morgan fingerprint density at radius 3 is 1.22 bits per heavy atom. The van der Waals surface area contributed by atoms with Gasteiger partial charge in [-0.05, 0) is 86.8 Å². The van der Waals surface area contributed by atoms with Gasteiger partial charge in [0, 0.05) is 66.1 Å². The molecule has 0 saturated heterocycles. The van der Waals surface area contributed by atoms with E-state index in [1.165, 1.54) is 70.6 Å². The third kappa shape index (κ3) is 5.34. The highest BCUT2D eigenvalue weighted by atomic mass is 32.1. The Hall–Kier alpha value is -3.76. The summed E-state index contributed by atoms with van der Waals surface area (Å²) in [6.07, 6.45) is 26.1. The molecule has 4 heterocycles. The lowest BCUT2D eigenvalue weighted by Gasteiger charge is -2.48. The van der Waals surface area contributed by atoms with Crippen LogP contribution in [0.2, 0.25) is 0 Å². The zero-order valence-corrected chi connectivity index (χ0v) is 36.6. The predicted octanol–water partition coefficient (Wildman–Crippen LogP) is 13.6. The lowest BCUT2D eigenvalue weighted by atomic mass is 9.65. The molecular weight excluding hydrogens is 825 g/mol. The van der Waals surface area contributed by atoms with Gasteiger partial charge in [-0.3, -0.25) is 0 Å². The van der Waals surface area contributed by atoms with Gasteiger partial charge in [-0.2, -0.15) is 0 Å². The molecule has 4 aromatic rings. The van der Waals surface area contributed by atoms with E-state index < -0.39 is 0 Å². The Bertz CT molecular complexity index is 2520. The van der Waals surface area contributed by atoms with Crippen molar-refractivity contribution in [3.05, 3.63) is 149 Å². The second-order valence-corrected chi connectivity index (χ2v) is 20.8. The summed E-state index contributed by atoms with van der Waals surface area (Å²) in [5.74, 6) is 2.47. The van der Waals surface area contributed by atoms with Crippen molar-refractivity contribution in [1.82, 2.24) is 0 Å². The summed E-state index contributed by atoms with van der Waals surface area (Å²) in [6.45, 7) is 0. The van der Waals surface area contributed by atoms with Crippen LogP contribution < -0.4 is 9.47 Å². The molecule has 0 bridgehead atoms. The molecule has 2 fully saturated rings. The third-order valence-electron chi connectivity index (χ3n) is 13.7.